The van der Waals surface area contributed by atoms with Crippen molar-refractivity contribution in [1.82, 2.24) is 9.99 Å². The van der Waals surface area contributed by atoms with Crippen LogP contribution in [-0.2, 0) is 14.8 Å². The van der Waals surface area contributed by atoms with Crippen molar-refractivity contribution in [1.29, 1.82) is 0 Å². The largest absolute Gasteiger partial charge is 0.494 e. The summed E-state index contributed by atoms with van der Waals surface area (Å²) in [6.07, 6.45) is 1.58. The summed E-state index contributed by atoms with van der Waals surface area (Å²) >= 11 is 0. The molecule has 0 fully saturated rings. The molecule has 3 aromatic carbocycles. The third kappa shape index (κ3) is 6.52. The number of benzene rings is 3. The van der Waals surface area contributed by atoms with E-state index in [1.807, 2.05) is 39.8 Å². The second kappa shape index (κ2) is 12.4. The molecule has 0 aliphatic rings. The van der Waals surface area contributed by atoms with Crippen molar-refractivity contribution in [3.05, 3.63) is 106 Å². The van der Waals surface area contributed by atoms with Crippen molar-refractivity contribution in [2.24, 2.45) is 5.10 Å². The predicted octanol–water partition coefficient (Wildman–Crippen LogP) is 5.76. The quantitative estimate of drug-likeness (QED) is 0.193. The maximum absolute atomic E-state index is 13.7. The van der Waals surface area contributed by atoms with E-state index >= 15 is 0 Å². The number of anilines is 1. The average Bonchev–Trinajstić information content (AvgIpc) is 3.21. The lowest BCUT2D eigenvalue weighted by Crippen LogP contribution is -2.39. The molecule has 41 heavy (non-hydrogen) atoms. The minimum Gasteiger partial charge on any atom is -0.494 e. The lowest BCUT2D eigenvalue weighted by molar-refractivity contribution is -0.119. The number of hydrogen-bond donors (Lipinski definition) is 1. The van der Waals surface area contributed by atoms with Gasteiger partial charge < -0.3 is 9.30 Å². The van der Waals surface area contributed by atoms with E-state index in [4.69, 9.17) is 4.74 Å². The lowest BCUT2D eigenvalue weighted by atomic mass is 10.1. The van der Waals surface area contributed by atoms with Crippen LogP contribution < -0.4 is 14.5 Å². The summed E-state index contributed by atoms with van der Waals surface area (Å²) < 4.78 is 36.0. The number of aryl methyl sites for hydroxylation is 4. The van der Waals surface area contributed by atoms with Gasteiger partial charge in [-0.05, 0) is 95.1 Å². The molecule has 0 radical (unpaired) electrons. The van der Waals surface area contributed by atoms with E-state index in [0.29, 0.717) is 18.0 Å². The molecular weight excluding hydrogens is 536 g/mol. The van der Waals surface area contributed by atoms with E-state index in [2.05, 4.69) is 41.1 Å². The molecule has 1 heterocycles. The first-order valence-corrected chi connectivity index (χ1v) is 14.9. The van der Waals surface area contributed by atoms with Gasteiger partial charge in [0, 0.05) is 17.0 Å². The molecule has 0 bridgehead atoms. The van der Waals surface area contributed by atoms with Gasteiger partial charge in [0.15, 0.2) is 0 Å². The fraction of sp³-hybridized carbons (Fsp3) is 0.250. The maximum Gasteiger partial charge on any atom is 0.264 e. The van der Waals surface area contributed by atoms with Crippen molar-refractivity contribution >= 4 is 27.8 Å². The Morgan fingerprint density at radius 1 is 0.951 bits per heavy atom. The van der Waals surface area contributed by atoms with Gasteiger partial charge in [-0.3, -0.25) is 9.10 Å². The standard InChI is InChI=1S/C32H36N4O4S/c1-7-40-29-15-17-30(18-16-29)41(38,39)35(28-13-11-22(2)12-14-28)21-31(37)34-33-20-27-19-25(5)36(26(27)6)32-23(3)9-8-10-24(32)4/h8-20H,7,21H2,1-6H3,(H,34,37)/b33-20-. The fourth-order valence-electron chi connectivity index (χ4n) is 4.79. The zero-order chi connectivity index (χ0) is 29.7. The monoisotopic (exact) mass is 572 g/mol. The molecule has 214 valence electrons. The minimum absolute atomic E-state index is 0.0526. The highest BCUT2D eigenvalue weighted by atomic mass is 32.2. The van der Waals surface area contributed by atoms with Gasteiger partial charge in [0.05, 0.1) is 29.1 Å². The van der Waals surface area contributed by atoms with E-state index in [-0.39, 0.29) is 4.90 Å². The number of ether oxygens (including phenoxy) is 1. The number of para-hydroxylation sites is 1. The highest BCUT2D eigenvalue weighted by Crippen LogP contribution is 2.27. The molecule has 0 atom stereocenters. The Labute approximate surface area is 242 Å². The number of sulfonamides is 1. The van der Waals surface area contributed by atoms with Gasteiger partial charge in [-0.1, -0.05) is 35.9 Å². The van der Waals surface area contributed by atoms with Crippen LogP contribution in [0, 0.1) is 34.6 Å². The molecule has 4 rings (SSSR count). The SMILES string of the molecule is CCOc1ccc(S(=O)(=O)N(CC(=O)N/N=C\c2cc(C)n(-c3c(C)cccc3C)c2C)c2ccc(C)cc2)cc1. The molecule has 9 heteroatoms. The Bertz CT molecular complexity index is 1650. The van der Waals surface area contributed by atoms with Crippen molar-refractivity contribution < 1.29 is 17.9 Å². The normalized spacial score (nSPS) is 11.6. The van der Waals surface area contributed by atoms with Crippen LogP contribution in [0.4, 0.5) is 5.69 Å². The number of hydrazone groups is 1. The van der Waals surface area contributed by atoms with Gasteiger partial charge in [0.1, 0.15) is 12.3 Å². The molecule has 1 aromatic heterocycles. The third-order valence-corrected chi connectivity index (χ3v) is 8.65. The van der Waals surface area contributed by atoms with Crippen LogP contribution in [-0.4, -0.2) is 38.3 Å². The Morgan fingerprint density at radius 3 is 2.20 bits per heavy atom. The lowest BCUT2D eigenvalue weighted by Gasteiger charge is -2.24. The zero-order valence-corrected chi connectivity index (χ0v) is 25.1. The number of hydrogen-bond acceptors (Lipinski definition) is 5. The summed E-state index contributed by atoms with van der Waals surface area (Å²) in [7, 11) is -4.06. The first kappa shape index (κ1) is 29.6. The number of carbonyl (C=O) groups is 1. The van der Waals surface area contributed by atoms with Gasteiger partial charge in [0.2, 0.25) is 0 Å². The van der Waals surface area contributed by atoms with Gasteiger partial charge in [-0.25, -0.2) is 13.8 Å². The van der Waals surface area contributed by atoms with Crippen LogP contribution >= 0.6 is 0 Å². The number of nitrogens with one attached hydrogen (secondary N) is 1. The molecule has 0 saturated heterocycles. The molecule has 0 aliphatic carbocycles. The van der Waals surface area contributed by atoms with Crippen LogP contribution in [0.2, 0.25) is 0 Å². The van der Waals surface area contributed by atoms with Crippen molar-refractivity contribution in [3.63, 3.8) is 0 Å². The summed E-state index contributed by atoms with van der Waals surface area (Å²) in [4.78, 5) is 13.1. The van der Waals surface area contributed by atoms with Gasteiger partial charge in [-0.15, -0.1) is 0 Å². The summed E-state index contributed by atoms with van der Waals surface area (Å²) in [6.45, 7) is 12.0. The number of amides is 1. The molecule has 8 nitrogen and oxygen atoms in total. The Balaban J connectivity index is 1.56. The number of aromatic nitrogens is 1. The molecule has 0 unspecified atom stereocenters. The number of rotatable bonds is 10. The number of nitrogens with zero attached hydrogens (tertiary/aromatic N) is 3. The molecule has 1 amide bonds. The number of carbonyl (C=O) groups excluding carboxylic acids is 1. The fourth-order valence-corrected chi connectivity index (χ4v) is 6.21. The van der Waals surface area contributed by atoms with Crippen molar-refractivity contribution in [2.45, 2.75) is 46.4 Å². The highest BCUT2D eigenvalue weighted by Gasteiger charge is 2.27. The topological polar surface area (TPSA) is 93.0 Å². The smallest absolute Gasteiger partial charge is 0.264 e. The van der Waals surface area contributed by atoms with Crippen LogP contribution in [0.3, 0.4) is 0 Å². The van der Waals surface area contributed by atoms with Crippen LogP contribution in [0.1, 0.15) is 40.6 Å². The second-order valence-electron chi connectivity index (χ2n) is 9.95. The molecule has 0 aliphatic heterocycles. The summed E-state index contributed by atoms with van der Waals surface area (Å²) in [5, 5.41) is 4.17. The van der Waals surface area contributed by atoms with Crippen LogP contribution in [0.25, 0.3) is 5.69 Å². The average molecular weight is 573 g/mol. The van der Waals surface area contributed by atoms with E-state index in [0.717, 1.165) is 43.6 Å². The van der Waals surface area contributed by atoms with E-state index in [1.165, 1.54) is 12.1 Å². The van der Waals surface area contributed by atoms with E-state index in [1.54, 1.807) is 42.6 Å². The molecular formula is C32H36N4O4S. The van der Waals surface area contributed by atoms with Crippen LogP contribution in [0.5, 0.6) is 5.75 Å². The van der Waals surface area contributed by atoms with Gasteiger partial charge >= 0.3 is 0 Å². The zero-order valence-electron chi connectivity index (χ0n) is 24.3. The third-order valence-electron chi connectivity index (χ3n) is 6.86. The van der Waals surface area contributed by atoms with E-state index in [9.17, 15) is 13.2 Å². The predicted molar refractivity (Wildman–Crippen MR) is 164 cm³/mol. The minimum atomic E-state index is -4.06. The second-order valence-corrected chi connectivity index (χ2v) is 11.8. The summed E-state index contributed by atoms with van der Waals surface area (Å²) in [5.74, 6) is -0.00254. The Kier molecular flexibility index (Phi) is 8.98. The Hall–Kier alpha value is -4.37. The van der Waals surface area contributed by atoms with E-state index < -0.39 is 22.5 Å². The maximum atomic E-state index is 13.7. The first-order chi connectivity index (χ1) is 19.5. The van der Waals surface area contributed by atoms with Gasteiger partial charge in [0.25, 0.3) is 15.9 Å². The summed E-state index contributed by atoms with van der Waals surface area (Å²) in [6, 6.07) is 21.3. The first-order valence-electron chi connectivity index (χ1n) is 13.4. The molecule has 1 N–H and O–H groups in total. The van der Waals surface area contributed by atoms with Gasteiger partial charge in [-0.2, -0.15) is 5.10 Å². The van der Waals surface area contributed by atoms with Crippen LogP contribution in [0.15, 0.2) is 82.8 Å². The van der Waals surface area contributed by atoms with Crippen molar-refractivity contribution in [2.75, 3.05) is 17.5 Å². The van der Waals surface area contributed by atoms with Crippen molar-refractivity contribution in [3.8, 4) is 11.4 Å². The Morgan fingerprint density at radius 2 is 1.59 bits per heavy atom. The molecule has 0 spiro atoms. The summed E-state index contributed by atoms with van der Waals surface area (Å²) in [5.41, 5.74) is 10.2. The highest BCUT2D eigenvalue weighted by molar-refractivity contribution is 7.92. The molecule has 0 saturated carbocycles. The molecule has 4 aromatic rings.